The predicted molar refractivity (Wildman–Crippen MR) is 93.1 cm³/mol. The number of halogens is 1. The first kappa shape index (κ1) is 16.2. The van der Waals surface area contributed by atoms with E-state index in [1.54, 1.807) is 30.3 Å². The molecule has 130 valence electrons. The number of fused-ring (bicyclic) bond motifs is 1. The van der Waals surface area contributed by atoms with Crippen LogP contribution in [0.4, 0.5) is 4.39 Å². The summed E-state index contributed by atoms with van der Waals surface area (Å²) in [6.45, 7) is 2.37. The van der Waals surface area contributed by atoms with E-state index < -0.39 is 10.0 Å². The lowest BCUT2D eigenvalue weighted by Crippen LogP contribution is -2.31. The van der Waals surface area contributed by atoms with Crippen molar-refractivity contribution in [2.45, 2.75) is 30.7 Å². The molecule has 1 saturated heterocycles. The molecule has 0 spiro atoms. The number of nitrogens with one attached hydrogen (secondary N) is 1. The Bertz CT molecular complexity index is 1030. The lowest BCUT2D eigenvalue weighted by molar-refractivity contribution is 0.385. The first-order chi connectivity index (χ1) is 11.9. The molecule has 1 unspecified atom stereocenters. The molecule has 0 amide bonds. The molecule has 1 aromatic heterocycles. The van der Waals surface area contributed by atoms with Crippen LogP contribution in [0.2, 0.25) is 0 Å². The zero-order valence-corrected chi connectivity index (χ0v) is 14.6. The molecule has 1 fully saturated rings. The van der Waals surface area contributed by atoms with Crippen molar-refractivity contribution in [2.75, 3.05) is 6.54 Å². The number of hydrogen-bond donors (Lipinski definition) is 1. The molecule has 5 nitrogen and oxygen atoms in total. The summed E-state index contributed by atoms with van der Waals surface area (Å²) in [5.74, 6) is 0.215. The molecule has 4 rings (SSSR count). The summed E-state index contributed by atoms with van der Waals surface area (Å²) in [6, 6.07) is 10.8. The van der Waals surface area contributed by atoms with E-state index >= 15 is 0 Å². The minimum atomic E-state index is -3.60. The van der Waals surface area contributed by atoms with Gasteiger partial charge in [-0.2, -0.15) is 4.31 Å². The van der Waals surface area contributed by atoms with Crippen molar-refractivity contribution < 1.29 is 12.8 Å². The Morgan fingerprint density at radius 3 is 2.72 bits per heavy atom. The summed E-state index contributed by atoms with van der Waals surface area (Å²) in [5.41, 5.74) is 2.22. The Hall–Kier alpha value is -2.25. The fourth-order valence-corrected chi connectivity index (χ4v) is 4.97. The third-order valence-corrected chi connectivity index (χ3v) is 6.53. The number of benzene rings is 2. The average molecular weight is 359 g/mol. The third-order valence-electron chi connectivity index (χ3n) is 4.61. The van der Waals surface area contributed by atoms with Crippen LogP contribution in [-0.4, -0.2) is 29.2 Å². The van der Waals surface area contributed by atoms with Crippen molar-refractivity contribution in [2.24, 2.45) is 0 Å². The van der Waals surface area contributed by atoms with Crippen LogP contribution in [0.5, 0.6) is 0 Å². The van der Waals surface area contributed by atoms with E-state index in [9.17, 15) is 12.8 Å². The monoisotopic (exact) mass is 359 g/mol. The lowest BCUT2D eigenvalue weighted by Gasteiger charge is -2.22. The highest BCUT2D eigenvalue weighted by atomic mass is 32.2. The predicted octanol–water partition coefficient (Wildman–Crippen LogP) is 3.54. The Kier molecular flexibility index (Phi) is 3.85. The van der Waals surface area contributed by atoms with Gasteiger partial charge in [0.2, 0.25) is 10.0 Å². The summed E-state index contributed by atoms with van der Waals surface area (Å²) in [5, 5.41) is 0. The second-order valence-electron chi connectivity index (χ2n) is 6.37. The van der Waals surface area contributed by atoms with Crippen LogP contribution in [0.15, 0.2) is 47.4 Å². The number of rotatable bonds is 3. The zero-order valence-electron chi connectivity index (χ0n) is 13.7. The first-order valence-corrected chi connectivity index (χ1v) is 9.63. The van der Waals surface area contributed by atoms with Crippen molar-refractivity contribution in [3.05, 3.63) is 59.7 Å². The quantitative estimate of drug-likeness (QED) is 0.778. The number of imidazole rings is 1. The molecule has 3 aromatic rings. The topological polar surface area (TPSA) is 66.1 Å². The van der Waals surface area contributed by atoms with Gasteiger partial charge in [0.15, 0.2) is 0 Å². The van der Waals surface area contributed by atoms with Gasteiger partial charge in [0.05, 0.1) is 22.0 Å². The van der Waals surface area contributed by atoms with Gasteiger partial charge in [0.1, 0.15) is 11.6 Å². The summed E-state index contributed by atoms with van der Waals surface area (Å²) >= 11 is 0. The Balaban J connectivity index is 1.73. The van der Waals surface area contributed by atoms with E-state index in [0.717, 1.165) is 12.0 Å². The smallest absolute Gasteiger partial charge is 0.243 e. The summed E-state index contributed by atoms with van der Waals surface area (Å²) in [6.07, 6.45) is 1.45. The van der Waals surface area contributed by atoms with Gasteiger partial charge in [-0.15, -0.1) is 0 Å². The second-order valence-corrected chi connectivity index (χ2v) is 8.26. The van der Waals surface area contributed by atoms with Crippen LogP contribution in [0, 0.1) is 12.7 Å². The van der Waals surface area contributed by atoms with Crippen LogP contribution in [-0.2, 0) is 10.0 Å². The lowest BCUT2D eigenvalue weighted by atomic mass is 10.2. The molecule has 1 atom stereocenters. The highest BCUT2D eigenvalue weighted by Crippen LogP contribution is 2.36. The largest absolute Gasteiger partial charge is 0.341 e. The Morgan fingerprint density at radius 2 is 1.96 bits per heavy atom. The normalized spacial score (nSPS) is 18.9. The molecule has 7 heteroatoms. The van der Waals surface area contributed by atoms with Gasteiger partial charge in [-0.05, 0) is 50.1 Å². The molecular weight excluding hydrogens is 341 g/mol. The van der Waals surface area contributed by atoms with Crippen molar-refractivity contribution >= 4 is 21.1 Å². The summed E-state index contributed by atoms with van der Waals surface area (Å²) in [4.78, 5) is 7.85. The Labute approximate surface area is 145 Å². The number of H-pyrrole nitrogens is 1. The average Bonchev–Trinajstić information content (AvgIpc) is 3.21. The second kappa shape index (κ2) is 5.93. The van der Waals surface area contributed by atoms with Crippen LogP contribution in [0.25, 0.3) is 11.0 Å². The first-order valence-electron chi connectivity index (χ1n) is 8.19. The third kappa shape index (κ3) is 2.83. The number of hydrogen-bond acceptors (Lipinski definition) is 3. The number of aromatic amines is 1. The number of aryl methyl sites for hydroxylation is 1. The number of sulfonamides is 1. The molecule has 2 aromatic carbocycles. The van der Waals surface area contributed by atoms with Gasteiger partial charge in [-0.25, -0.2) is 17.8 Å². The van der Waals surface area contributed by atoms with Gasteiger partial charge in [0.25, 0.3) is 0 Å². The highest BCUT2D eigenvalue weighted by molar-refractivity contribution is 7.89. The maximum Gasteiger partial charge on any atom is 0.243 e. The zero-order chi connectivity index (χ0) is 17.6. The van der Waals surface area contributed by atoms with Crippen molar-refractivity contribution in [1.82, 2.24) is 14.3 Å². The molecule has 25 heavy (non-hydrogen) atoms. The van der Waals surface area contributed by atoms with Gasteiger partial charge >= 0.3 is 0 Å². The molecular formula is C18H18FN3O2S. The van der Waals surface area contributed by atoms with E-state index in [-0.39, 0.29) is 16.8 Å². The van der Waals surface area contributed by atoms with E-state index in [2.05, 4.69) is 9.97 Å². The van der Waals surface area contributed by atoms with Gasteiger partial charge in [0, 0.05) is 6.54 Å². The van der Waals surface area contributed by atoms with E-state index in [0.29, 0.717) is 29.8 Å². The standard InChI is InChI=1S/C18H18FN3O2S/c1-12-4-7-14(8-5-12)25(23,24)22-10-2-3-17(22)18-20-15-9-6-13(19)11-16(15)21-18/h4-9,11,17H,2-3,10H2,1H3,(H,20,21). The van der Waals surface area contributed by atoms with Crippen molar-refractivity contribution in [3.63, 3.8) is 0 Å². The minimum Gasteiger partial charge on any atom is -0.341 e. The van der Waals surface area contributed by atoms with E-state index in [1.807, 2.05) is 6.92 Å². The van der Waals surface area contributed by atoms with E-state index in [1.165, 1.54) is 16.4 Å². The van der Waals surface area contributed by atoms with Crippen LogP contribution < -0.4 is 0 Å². The van der Waals surface area contributed by atoms with Crippen LogP contribution in [0.1, 0.15) is 30.3 Å². The molecule has 1 N–H and O–H groups in total. The van der Waals surface area contributed by atoms with Gasteiger partial charge < -0.3 is 4.98 Å². The van der Waals surface area contributed by atoms with Crippen molar-refractivity contribution in [3.8, 4) is 0 Å². The molecule has 1 aliphatic heterocycles. The maximum absolute atomic E-state index is 13.4. The van der Waals surface area contributed by atoms with Crippen LogP contribution in [0.3, 0.4) is 0 Å². The SMILES string of the molecule is Cc1ccc(S(=O)(=O)N2CCCC2c2nc3ccc(F)cc3[nH]2)cc1. The molecule has 0 aliphatic carbocycles. The molecule has 0 bridgehead atoms. The van der Waals surface area contributed by atoms with Crippen molar-refractivity contribution in [1.29, 1.82) is 0 Å². The Morgan fingerprint density at radius 1 is 1.20 bits per heavy atom. The van der Waals surface area contributed by atoms with Crippen LogP contribution >= 0.6 is 0 Å². The van der Waals surface area contributed by atoms with Gasteiger partial charge in [-0.1, -0.05) is 17.7 Å². The highest BCUT2D eigenvalue weighted by Gasteiger charge is 2.37. The summed E-state index contributed by atoms with van der Waals surface area (Å²) < 4.78 is 40.9. The fraction of sp³-hybridized carbons (Fsp3) is 0.278. The summed E-state index contributed by atoms with van der Waals surface area (Å²) in [7, 11) is -3.60. The molecule has 0 saturated carbocycles. The molecule has 0 radical (unpaired) electrons. The number of nitrogens with zero attached hydrogens (tertiary/aromatic N) is 2. The molecule has 2 heterocycles. The molecule has 1 aliphatic rings. The van der Waals surface area contributed by atoms with Gasteiger partial charge in [-0.3, -0.25) is 0 Å². The maximum atomic E-state index is 13.4. The number of aromatic nitrogens is 2. The van der Waals surface area contributed by atoms with E-state index in [4.69, 9.17) is 0 Å². The minimum absolute atomic E-state index is 0.284. The fourth-order valence-electron chi connectivity index (χ4n) is 3.31.